The molecule has 3 heterocycles. The SMILES string of the molecule is C=CC(=O)N1CCC[C@@H](n2nc(C(=O)Nc3cc(C#N)c(CC(=O)N(C)C)cc3C)c3c(N)ncnc32)C1. The van der Waals surface area contributed by atoms with Crippen LogP contribution in [0.3, 0.4) is 0 Å². The van der Waals surface area contributed by atoms with Gasteiger partial charge in [-0.1, -0.05) is 12.6 Å². The number of nitrogens with two attached hydrogens (primary N) is 1. The van der Waals surface area contributed by atoms with Crippen LogP contribution in [0, 0.1) is 18.3 Å². The fourth-order valence-electron chi connectivity index (χ4n) is 4.55. The molecule has 3 amide bonds. The Hall–Kier alpha value is -4.79. The molecule has 0 aliphatic carbocycles. The molecule has 0 unspecified atom stereocenters. The van der Waals surface area contributed by atoms with E-state index in [9.17, 15) is 19.6 Å². The first kappa shape index (κ1) is 26.3. The second-order valence-corrected chi connectivity index (χ2v) is 9.39. The number of anilines is 2. The lowest BCUT2D eigenvalue weighted by Gasteiger charge is -2.32. The molecule has 1 aliphatic rings. The number of aromatic nitrogens is 4. The van der Waals surface area contributed by atoms with Crippen molar-refractivity contribution in [1.82, 2.24) is 29.5 Å². The zero-order chi connectivity index (χ0) is 27.6. The van der Waals surface area contributed by atoms with E-state index < -0.39 is 5.91 Å². The van der Waals surface area contributed by atoms with Crippen LogP contribution in [0.2, 0.25) is 0 Å². The molecule has 12 nitrogen and oxygen atoms in total. The molecule has 1 saturated heterocycles. The molecule has 0 radical (unpaired) electrons. The molecule has 1 fully saturated rings. The van der Waals surface area contributed by atoms with E-state index in [2.05, 4.69) is 33.0 Å². The normalized spacial score (nSPS) is 15.1. The van der Waals surface area contributed by atoms with E-state index in [0.29, 0.717) is 40.9 Å². The van der Waals surface area contributed by atoms with Crippen molar-refractivity contribution >= 4 is 40.3 Å². The Bertz CT molecular complexity index is 1490. The summed E-state index contributed by atoms with van der Waals surface area (Å²) in [5.74, 6) is -0.749. The van der Waals surface area contributed by atoms with Gasteiger partial charge in [0, 0.05) is 32.9 Å². The van der Waals surface area contributed by atoms with Crippen molar-refractivity contribution in [3.05, 3.63) is 53.5 Å². The largest absolute Gasteiger partial charge is 0.383 e. The van der Waals surface area contributed by atoms with Gasteiger partial charge in [0.2, 0.25) is 11.8 Å². The number of likely N-dealkylation sites (N-methyl/N-ethyl adjacent to an activating group) is 1. The first-order chi connectivity index (χ1) is 18.1. The summed E-state index contributed by atoms with van der Waals surface area (Å²) in [4.78, 5) is 49.4. The number of amides is 3. The Morgan fingerprint density at radius 2 is 2.08 bits per heavy atom. The molecule has 1 aromatic carbocycles. The van der Waals surface area contributed by atoms with Crippen molar-refractivity contribution in [2.75, 3.05) is 38.2 Å². The summed E-state index contributed by atoms with van der Waals surface area (Å²) in [7, 11) is 3.30. The third kappa shape index (κ3) is 5.04. The molecule has 196 valence electrons. The number of piperidine rings is 1. The number of carbonyl (C=O) groups excluding carboxylic acids is 3. The predicted molar refractivity (Wildman–Crippen MR) is 141 cm³/mol. The quantitative estimate of drug-likeness (QED) is 0.470. The summed E-state index contributed by atoms with van der Waals surface area (Å²) in [6.45, 7) is 6.35. The molecule has 12 heteroatoms. The molecule has 0 saturated carbocycles. The number of hydrogen-bond donors (Lipinski definition) is 2. The number of nitrogens with zero attached hydrogens (tertiary/aromatic N) is 7. The number of likely N-dealkylation sites (tertiary alicyclic amines) is 1. The molecule has 3 aromatic rings. The smallest absolute Gasteiger partial charge is 0.277 e. The van der Waals surface area contributed by atoms with Crippen LogP contribution >= 0.6 is 0 Å². The number of carbonyl (C=O) groups is 3. The Kier molecular flexibility index (Phi) is 7.38. The summed E-state index contributed by atoms with van der Waals surface area (Å²) in [6, 6.07) is 5.15. The standard InChI is InChI=1S/C26H29N9O3/c1-5-20(36)34-8-6-7-18(13-34)35-25-22(24(28)29-14-30-25)23(32-35)26(38)31-19-10-17(12-27)16(9-15(19)2)11-21(37)33(3)4/h5,9-10,14,18H,1,6-8,11,13H2,2-4H3,(H,31,38)(H2,28,29,30)/t18-/m1/s1. The van der Waals surface area contributed by atoms with Crippen molar-refractivity contribution in [3.8, 4) is 6.07 Å². The average Bonchev–Trinajstić information content (AvgIpc) is 3.31. The Morgan fingerprint density at radius 3 is 2.76 bits per heavy atom. The second-order valence-electron chi connectivity index (χ2n) is 9.39. The lowest BCUT2D eigenvalue weighted by Crippen LogP contribution is -2.40. The van der Waals surface area contributed by atoms with Crippen molar-refractivity contribution in [2.24, 2.45) is 0 Å². The molecule has 4 rings (SSSR count). The van der Waals surface area contributed by atoms with E-state index >= 15 is 0 Å². The van der Waals surface area contributed by atoms with Gasteiger partial charge in [0.25, 0.3) is 5.91 Å². The van der Waals surface area contributed by atoms with Gasteiger partial charge < -0.3 is 20.9 Å². The topological polar surface area (TPSA) is 163 Å². The van der Waals surface area contributed by atoms with Gasteiger partial charge in [-0.2, -0.15) is 10.4 Å². The van der Waals surface area contributed by atoms with Crippen molar-refractivity contribution < 1.29 is 14.4 Å². The zero-order valence-corrected chi connectivity index (χ0v) is 21.6. The van der Waals surface area contributed by atoms with Gasteiger partial charge in [-0.25, -0.2) is 14.6 Å². The monoisotopic (exact) mass is 515 g/mol. The van der Waals surface area contributed by atoms with Gasteiger partial charge in [0.05, 0.1) is 29.5 Å². The maximum absolute atomic E-state index is 13.5. The summed E-state index contributed by atoms with van der Waals surface area (Å²) < 4.78 is 1.63. The third-order valence-electron chi connectivity index (χ3n) is 6.62. The van der Waals surface area contributed by atoms with Gasteiger partial charge in [-0.05, 0) is 43.0 Å². The molecular formula is C26H29N9O3. The highest BCUT2D eigenvalue weighted by Gasteiger charge is 2.29. The predicted octanol–water partition coefficient (Wildman–Crippen LogP) is 1.82. The third-order valence-corrected chi connectivity index (χ3v) is 6.62. The number of hydrogen-bond acceptors (Lipinski definition) is 8. The number of nitrogens with one attached hydrogen (secondary N) is 1. The van der Waals surface area contributed by atoms with Crippen LogP contribution in [0.15, 0.2) is 31.1 Å². The first-order valence-electron chi connectivity index (χ1n) is 12.1. The lowest BCUT2D eigenvalue weighted by molar-refractivity contribution is -0.128. The van der Waals surface area contributed by atoms with Crippen LogP contribution in [0.5, 0.6) is 0 Å². The molecular weight excluding hydrogens is 486 g/mol. The van der Waals surface area contributed by atoms with E-state index in [0.717, 1.165) is 12.8 Å². The van der Waals surface area contributed by atoms with Gasteiger partial charge in [-0.3, -0.25) is 14.4 Å². The van der Waals surface area contributed by atoms with Crippen LogP contribution in [0.1, 0.15) is 46.1 Å². The summed E-state index contributed by atoms with van der Waals surface area (Å²) in [5, 5.41) is 17.4. The van der Waals surface area contributed by atoms with E-state index in [-0.39, 0.29) is 41.4 Å². The summed E-state index contributed by atoms with van der Waals surface area (Å²) in [5.41, 5.74) is 8.53. The number of fused-ring (bicyclic) bond motifs is 1. The maximum atomic E-state index is 13.5. The zero-order valence-electron chi connectivity index (χ0n) is 21.6. The molecule has 38 heavy (non-hydrogen) atoms. The van der Waals surface area contributed by atoms with Crippen LogP contribution in [0.4, 0.5) is 11.5 Å². The van der Waals surface area contributed by atoms with Crippen LogP contribution < -0.4 is 11.1 Å². The average molecular weight is 516 g/mol. The molecule has 0 spiro atoms. The minimum Gasteiger partial charge on any atom is -0.383 e. The molecule has 1 atom stereocenters. The van der Waals surface area contributed by atoms with Crippen LogP contribution in [-0.4, -0.2) is 74.5 Å². The highest BCUT2D eigenvalue weighted by atomic mass is 16.2. The highest BCUT2D eigenvalue weighted by molar-refractivity contribution is 6.13. The van der Waals surface area contributed by atoms with Gasteiger partial charge in [0.1, 0.15) is 12.1 Å². The number of nitrogen functional groups attached to an aromatic ring is 1. The maximum Gasteiger partial charge on any atom is 0.277 e. The highest BCUT2D eigenvalue weighted by Crippen LogP contribution is 2.30. The summed E-state index contributed by atoms with van der Waals surface area (Å²) in [6.07, 6.45) is 4.15. The van der Waals surface area contributed by atoms with Crippen molar-refractivity contribution in [1.29, 1.82) is 5.26 Å². The lowest BCUT2D eigenvalue weighted by atomic mass is 10.00. The minimum atomic E-state index is -0.547. The van der Waals surface area contributed by atoms with E-state index in [1.165, 1.54) is 17.3 Å². The van der Waals surface area contributed by atoms with Gasteiger partial charge in [-0.15, -0.1) is 0 Å². The molecule has 1 aliphatic heterocycles. The van der Waals surface area contributed by atoms with Gasteiger partial charge >= 0.3 is 0 Å². The number of nitriles is 1. The van der Waals surface area contributed by atoms with E-state index in [4.69, 9.17) is 5.73 Å². The second kappa shape index (κ2) is 10.7. The van der Waals surface area contributed by atoms with Crippen LogP contribution in [0.25, 0.3) is 11.0 Å². The Labute approximate surface area is 219 Å². The fourth-order valence-corrected chi connectivity index (χ4v) is 4.55. The van der Waals surface area contributed by atoms with Gasteiger partial charge in [0.15, 0.2) is 11.3 Å². The minimum absolute atomic E-state index is 0.0371. The van der Waals surface area contributed by atoms with E-state index in [1.807, 2.05) is 0 Å². The van der Waals surface area contributed by atoms with Crippen LogP contribution in [-0.2, 0) is 16.0 Å². The van der Waals surface area contributed by atoms with E-state index in [1.54, 1.807) is 42.7 Å². The molecule has 2 aromatic heterocycles. The van der Waals surface area contributed by atoms with Crippen molar-refractivity contribution in [3.63, 3.8) is 0 Å². The van der Waals surface area contributed by atoms with Crippen molar-refractivity contribution in [2.45, 2.75) is 32.2 Å². The summed E-state index contributed by atoms with van der Waals surface area (Å²) >= 11 is 0. The number of aryl methyl sites for hydroxylation is 1. The number of rotatable bonds is 6. The Balaban J connectivity index is 1.68. The Morgan fingerprint density at radius 1 is 1.32 bits per heavy atom. The molecule has 3 N–H and O–H groups in total. The fraction of sp³-hybridized carbons (Fsp3) is 0.346. The number of benzene rings is 1. The molecule has 0 bridgehead atoms. The first-order valence-corrected chi connectivity index (χ1v) is 12.1.